The first-order valence-corrected chi connectivity index (χ1v) is 9.44. The summed E-state index contributed by atoms with van der Waals surface area (Å²) in [6.45, 7) is 0.0296. The van der Waals surface area contributed by atoms with E-state index in [9.17, 15) is 9.18 Å². The van der Waals surface area contributed by atoms with Gasteiger partial charge >= 0.3 is 0 Å². The van der Waals surface area contributed by atoms with E-state index in [0.717, 1.165) is 41.7 Å². The topological polar surface area (TPSA) is 83.6 Å². The maximum absolute atomic E-state index is 13.6. The van der Waals surface area contributed by atoms with Crippen LogP contribution >= 0.6 is 0 Å². The lowest BCUT2D eigenvalue weighted by Crippen LogP contribution is -2.24. The van der Waals surface area contributed by atoms with Crippen LogP contribution in [0.25, 0.3) is 11.0 Å². The second-order valence-electron chi connectivity index (χ2n) is 6.75. The minimum Gasteiger partial charge on any atom is -0.346 e. The standard InChI is InChI=1S/C22H20FN5O/c23-17-6-4-10-25-20(17)14-26-22(29)16-11-15(12-24-13-16)5-3-9-21-27-18-7-1-2-8-19(18)28-21/h1-2,4,6-8,10-13H,3,5,9,14H2,(H,26,29)(H,27,28). The van der Waals surface area contributed by atoms with Crippen molar-refractivity contribution >= 4 is 16.9 Å². The Labute approximate surface area is 167 Å². The second-order valence-corrected chi connectivity index (χ2v) is 6.75. The highest BCUT2D eigenvalue weighted by Gasteiger charge is 2.10. The Morgan fingerprint density at radius 3 is 2.86 bits per heavy atom. The minimum atomic E-state index is -0.440. The third-order valence-electron chi connectivity index (χ3n) is 4.63. The number of pyridine rings is 2. The molecule has 3 aromatic heterocycles. The van der Waals surface area contributed by atoms with E-state index in [0.29, 0.717) is 5.56 Å². The first kappa shape index (κ1) is 18.7. The van der Waals surface area contributed by atoms with Gasteiger partial charge in [-0.15, -0.1) is 0 Å². The Morgan fingerprint density at radius 2 is 2.00 bits per heavy atom. The van der Waals surface area contributed by atoms with Crippen molar-refractivity contribution in [2.24, 2.45) is 0 Å². The molecule has 3 heterocycles. The van der Waals surface area contributed by atoms with Gasteiger partial charge in [0.2, 0.25) is 0 Å². The van der Waals surface area contributed by atoms with Crippen molar-refractivity contribution in [1.82, 2.24) is 25.3 Å². The van der Waals surface area contributed by atoms with Gasteiger partial charge in [0, 0.05) is 25.0 Å². The van der Waals surface area contributed by atoms with Crippen LogP contribution in [0, 0.1) is 5.82 Å². The molecule has 0 spiro atoms. The van der Waals surface area contributed by atoms with Crippen molar-refractivity contribution in [3.05, 3.63) is 89.5 Å². The number of H-pyrrole nitrogens is 1. The van der Waals surface area contributed by atoms with Gasteiger partial charge in [-0.2, -0.15) is 0 Å². The molecule has 29 heavy (non-hydrogen) atoms. The number of rotatable bonds is 7. The molecule has 146 valence electrons. The number of nitrogens with zero attached hydrogens (tertiary/aromatic N) is 3. The molecule has 0 aliphatic heterocycles. The zero-order valence-electron chi connectivity index (χ0n) is 15.7. The molecule has 0 fully saturated rings. The van der Waals surface area contributed by atoms with Gasteiger partial charge < -0.3 is 10.3 Å². The Hall–Kier alpha value is -3.61. The van der Waals surface area contributed by atoms with Gasteiger partial charge in [0.05, 0.1) is 28.8 Å². The molecule has 6 nitrogen and oxygen atoms in total. The molecule has 2 N–H and O–H groups in total. The summed E-state index contributed by atoms with van der Waals surface area (Å²) in [6, 6.07) is 12.6. The minimum absolute atomic E-state index is 0.0296. The number of imidazole rings is 1. The number of para-hydroxylation sites is 2. The third kappa shape index (κ3) is 4.63. The van der Waals surface area contributed by atoms with Crippen LogP contribution < -0.4 is 5.32 Å². The van der Waals surface area contributed by atoms with Crippen LogP contribution in [-0.2, 0) is 19.4 Å². The van der Waals surface area contributed by atoms with E-state index in [2.05, 4.69) is 25.3 Å². The zero-order valence-corrected chi connectivity index (χ0v) is 15.7. The van der Waals surface area contributed by atoms with E-state index in [1.54, 1.807) is 6.20 Å². The number of aromatic nitrogens is 4. The highest BCUT2D eigenvalue weighted by Crippen LogP contribution is 2.13. The molecule has 0 aliphatic carbocycles. The van der Waals surface area contributed by atoms with Crippen LogP contribution in [0.3, 0.4) is 0 Å². The van der Waals surface area contributed by atoms with E-state index in [-0.39, 0.29) is 18.1 Å². The number of aromatic amines is 1. The first-order chi connectivity index (χ1) is 14.2. The summed E-state index contributed by atoms with van der Waals surface area (Å²) in [7, 11) is 0. The van der Waals surface area contributed by atoms with Crippen molar-refractivity contribution in [2.75, 3.05) is 0 Å². The lowest BCUT2D eigenvalue weighted by Gasteiger charge is -2.07. The fourth-order valence-electron chi connectivity index (χ4n) is 3.15. The summed E-state index contributed by atoms with van der Waals surface area (Å²) in [5.41, 5.74) is 3.62. The molecule has 1 amide bonds. The predicted octanol–water partition coefficient (Wildman–Crippen LogP) is 3.60. The summed E-state index contributed by atoms with van der Waals surface area (Å²) < 4.78 is 13.6. The van der Waals surface area contributed by atoms with Crippen molar-refractivity contribution in [1.29, 1.82) is 0 Å². The number of hydrogen-bond acceptors (Lipinski definition) is 4. The smallest absolute Gasteiger partial charge is 0.253 e. The van der Waals surface area contributed by atoms with E-state index in [1.165, 1.54) is 24.5 Å². The number of amides is 1. The van der Waals surface area contributed by atoms with Crippen molar-refractivity contribution in [3.63, 3.8) is 0 Å². The van der Waals surface area contributed by atoms with E-state index < -0.39 is 5.82 Å². The summed E-state index contributed by atoms with van der Waals surface area (Å²) in [4.78, 5) is 28.4. The lowest BCUT2D eigenvalue weighted by molar-refractivity contribution is 0.0949. The molecule has 0 atom stereocenters. The molecule has 4 rings (SSSR count). The molecular weight excluding hydrogens is 369 g/mol. The van der Waals surface area contributed by atoms with E-state index in [4.69, 9.17) is 0 Å². The number of fused-ring (bicyclic) bond motifs is 1. The van der Waals surface area contributed by atoms with Crippen LogP contribution in [0.2, 0.25) is 0 Å². The van der Waals surface area contributed by atoms with Gasteiger partial charge in [-0.3, -0.25) is 14.8 Å². The SMILES string of the molecule is O=C(NCc1ncccc1F)c1cncc(CCCc2nc3ccccc3[nH]2)c1. The van der Waals surface area contributed by atoms with Crippen molar-refractivity contribution in [2.45, 2.75) is 25.8 Å². The van der Waals surface area contributed by atoms with Crippen LogP contribution in [0.4, 0.5) is 4.39 Å². The summed E-state index contributed by atoms with van der Waals surface area (Å²) in [6.07, 6.45) is 7.23. The van der Waals surface area contributed by atoms with Crippen molar-refractivity contribution in [3.8, 4) is 0 Å². The number of carbonyl (C=O) groups is 1. The lowest BCUT2D eigenvalue weighted by atomic mass is 10.1. The molecule has 1 aromatic carbocycles. The average Bonchev–Trinajstić information content (AvgIpc) is 3.16. The normalized spacial score (nSPS) is 10.9. The number of hydrogen-bond donors (Lipinski definition) is 2. The van der Waals surface area contributed by atoms with Crippen molar-refractivity contribution < 1.29 is 9.18 Å². The molecular formula is C22H20FN5O. The summed E-state index contributed by atoms with van der Waals surface area (Å²) in [5.74, 6) is 0.206. The quantitative estimate of drug-likeness (QED) is 0.506. The van der Waals surface area contributed by atoms with Gasteiger partial charge in [0.15, 0.2) is 0 Å². The largest absolute Gasteiger partial charge is 0.346 e. The average molecular weight is 389 g/mol. The maximum Gasteiger partial charge on any atom is 0.253 e. The van der Waals surface area contributed by atoms with Gasteiger partial charge in [-0.05, 0) is 48.7 Å². The zero-order chi connectivity index (χ0) is 20.1. The molecule has 0 radical (unpaired) electrons. The Bertz CT molecular complexity index is 1110. The molecule has 0 saturated carbocycles. The van der Waals surface area contributed by atoms with Gasteiger partial charge in [-0.1, -0.05) is 12.1 Å². The highest BCUT2D eigenvalue weighted by atomic mass is 19.1. The third-order valence-corrected chi connectivity index (χ3v) is 4.63. The second kappa shape index (κ2) is 8.60. The number of halogens is 1. The Balaban J connectivity index is 1.33. The monoisotopic (exact) mass is 389 g/mol. The summed E-state index contributed by atoms with van der Waals surface area (Å²) >= 11 is 0. The van der Waals surface area contributed by atoms with E-state index in [1.807, 2.05) is 30.3 Å². The number of benzene rings is 1. The summed E-state index contributed by atoms with van der Waals surface area (Å²) in [5, 5.41) is 2.68. The number of nitrogens with one attached hydrogen (secondary N) is 2. The molecule has 0 aliphatic rings. The Kier molecular flexibility index (Phi) is 5.56. The molecule has 0 unspecified atom stereocenters. The van der Waals surface area contributed by atoms with Gasteiger partial charge in [0.1, 0.15) is 11.6 Å². The van der Waals surface area contributed by atoms with Crippen LogP contribution in [0.1, 0.15) is 33.9 Å². The van der Waals surface area contributed by atoms with Gasteiger partial charge in [0.25, 0.3) is 5.91 Å². The fraction of sp³-hybridized carbons (Fsp3) is 0.182. The van der Waals surface area contributed by atoms with Crippen LogP contribution in [0.5, 0.6) is 0 Å². The van der Waals surface area contributed by atoms with Crippen LogP contribution in [-0.4, -0.2) is 25.8 Å². The van der Waals surface area contributed by atoms with Crippen LogP contribution in [0.15, 0.2) is 61.1 Å². The molecule has 0 saturated heterocycles. The molecule has 4 aromatic rings. The first-order valence-electron chi connectivity index (χ1n) is 9.44. The van der Waals surface area contributed by atoms with Gasteiger partial charge in [-0.25, -0.2) is 9.37 Å². The number of aryl methyl sites for hydroxylation is 2. The predicted molar refractivity (Wildman–Crippen MR) is 108 cm³/mol. The molecule has 7 heteroatoms. The maximum atomic E-state index is 13.6. The highest BCUT2D eigenvalue weighted by molar-refractivity contribution is 5.93. The van der Waals surface area contributed by atoms with E-state index >= 15 is 0 Å². The molecule has 0 bridgehead atoms. The number of carbonyl (C=O) groups excluding carboxylic acids is 1. The fourth-order valence-corrected chi connectivity index (χ4v) is 3.15. The Morgan fingerprint density at radius 1 is 1.10 bits per heavy atom.